The number of hydrogen-bond donors (Lipinski definition) is 1. The second kappa shape index (κ2) is 4.12. The summed E-state index contributed by atoms with van der Waals surface area (Å²) in [6.45, 7) is 8.67. The summed E-state index contributed by atoms with van der Waals surface area (Å²) in [4.78, 5) is 4.69. The predicted octanol–water partition coefficient (Wildman–Crippen LogP) is 1.97. The van der Waals surface area contributed by atoms with Gasteiger partial charge in [0.05, 0.1) is 12.1 Å². The fraction of sp³-hybridized carbons (Fsp3) is 0.917. The van der Waals surface area contributed by atoms with Crippen LogP contribution < -0.4 is 5.32 Å². The molecule has 1 saturated heterocycles. The van der Waals surface area contributed by atoms with E-state index in [1.54, 1.807) is 0 Å². The first kappa shape index (κ1) is 10.9. The molecule has 0 unspecified atom stereocenters. The van der Waals surface area contributed by atoms with Gasteiger partial charge in [-0.15, -0.1) is 0 Å². The van der Waals surface area contributed by atoms with E-state index in [1.807, 2.05) is 0 Å². The van der Waals surface area contributed by atoms with Crippen molar-refractivity contribution in [3.8, 4) is 0 Å². The van der Waals surface area contributed by atoms with Crippen LogP contribution in [0.2, 0.25) is 0 Å². The van der Waals surface area contributed by atoms with Crippen molar-refractivity contribution in [1.82, 2.24) is 5.32 Å². The van der Waals surface area contributed by atoms with Crippen molar-refractivity contribution >= 4 is 5.90 Å². The molecule has 1 fully saturated rings. The molecular weight excluding hydrogens is 188 g/mol. The van der Waals surface area contributed by atoms with Crippen molar-refractivity contribution in [2.24, 2.45) is 10.4 Å². The third kappa shape index (κ3) is 2.94. The quantitative estimate of drug-likeness (QED) is 0.756. The molecule has 2 aliphatic heterocycles. The van der Waals surface area contributed by atoms with Crippen LogP contribution in [0.1, 0.15) is 40.0 Å². The summed E-state index contributed by atoms with van der Waals surface area (Å²) in [7, 11) is 0. The van der Waals surface area contributed by atoms with E-state index in [2.05, 4.69) is 31.1 Å². The minimum Gasteiger partial charge on any atom is -0.478 e. The Balaban J connectivity index is 1.90. The molecular formula is C12H22N2O. The van der Waals surface area contributed by atoms with E-state index in [0.717, 1.165) is 25.5 Å². The highest BCUT2D eigenvalue weighted by Crippen LogP contribution is 2.25. The SMILES string of the molecule is CC(C)(C)C[C@H]1COC([C@@H]2CCCN2)=N1. The van der Waals surface area contributed by atoms with Crippen molar-refractivity contribution in [3.63, 3.8) is 0 Å². The Morgan fingerprint density at radius 3 is 2.87 bits per heavy atom. The lowest BCUT2D eigenvalue weighted by Crippen LogP contribution is -2.30. The van der Waals surface area contributed by atoms with Gasteiger partial charge in [0.2, 0.25) is 5.90 Å². The van der Waals surface area contributed by atoms with Gasteiger partial charge in [0, 0.05) is 0 Å². The fourth-order valence-corrected chi connectivity index (χ4v) is 2.33. The topological polar surface area (TPSA) is 33.6 Å². The first-order valence-electron chi connectivity index (χ1n) is 5.98. The number of ether oxygens (including phenoxy) is 1. The molecule has 86 valence electrons. The molecule has 2 aliphatic rings. The molecule has 2 heterocycles. The van der Waals surface area contributed by atoms with Crippen LogP contribution >= 0.6 is 0 Å². The van der Waals surface area contributed by atoms with Crippen LogP contribution in [0.4, 0.5) is 0 Å². The van der Waals surface area contributed by atoms with Gasteiger partial charge in [0.25, 0.3) is 0 Å². The summed E-state index contributed by atoms with van der Waals surface area (Å²) in [6, 6.07) is 0.775. The van der Waals surface area contributed by atoms with Gasteiger partial charge in [-0.05, 0) is 31.2 Å². The van der Waals surface area contributed by atoms with E-state index in [9.17, 15) is 0 Å². The van der Waals surface area contributed by atoms with E-state index < -0.39 is 0 Å². The predicted molar refractivity (Wildman–Crippen MR) is 62.3 cm³/mol. The molecule has 0 saturated carbocycles. The lowest BCUT2D eigenvalue weighted by molar-refractivity contribution is 0.261. The van der Waals surface area contributed by atoms with Crippen LogP contribution in [0.15, 0.2) is 4.99 Å². The van der Waals surface area contributed by atoms with Crippen LogP contribution in [0.25, 0.3) is 0 Å². The Labute approximate surface area is 92.3 Å². The first-order chi connectivity index (χ1) is 7.04. The van der Waals surface area contributed by atoms with E-state index in [1.165, 1.54) is 12.8 Å². The van der Waals surface area contributed by atoms with Crippen molar-refractivity contribution in [2.45, 2.75) is 52.1 Å². The summed E-state index contributed by atoms with van der Waals surface area (Å²) < 4.78 is 5.68. The van der Waals surface area contributed by atoms with Gasteiger partial charge >= 0.3 is 0 Å². The molecule has 3 heteroatoms. The average molecular weight is 210 g/mol. The molecule has 0 aromatic rings. The lowest BCUT2D eigenvalue weighted by atomic mass is 9.89. The highest BCUT2D eigenvalue weighted by Gasteiger charge is 2.29. The zero-order chi connectivity index (χ0) is 10.9. The molecule has 0 spiro atoms. The second-order valence-corrected chi connectivity index (χ2v) is 5.85. The maximum Gasteiger partial charge on any atom is 0.201 e. The summed E-state index contributed by atoms with van der Waals surface area (Å²) >= 11 is 0. The number of rotatable bonds is 2. The zero-order valence-electron chi connectivity index (χ0n) is 10.0. The smallest absolute Gasteiger partial charge is 0.201 e. The molecule has 3 nitrogen and oxygen atoms in total. The molecule has 0 amide bonds. The summed E-state index contributed by atoms with van der Waals surface area (Å²) in [5.41, 5.74) is 0.343. The highest BCUT2D eigenvalue weighted by atomic mass is 16.5. The Kier molecular flexibility index (Phi) is 3.01. The van der Waals surface area contributed by atoms with Crippen LogP contribution in [0, 0.1) is 5.41 Å². The van der Waals surface area contributed by atoms with Crippen LogP contribution in [0.3, 0.4) is 0 Å². The van der Waals surface area contributed by atoms with E-state index >= 15 is 0 Å². The molecule has 0 aromatic carbocycles. The number of aliphatic imine (C=N–C) groups is 1. The number of nitrogens with zero attached hydrogens (tertiary/aromatic N) is 1. The van der Waals surface area contributed by atoms with E-state index in [-0.39, 0.29) is 0 Å². The third-order valence-electron chi connectivity index (χ3n) is 2.94. The van der Waals surface area contributed by atoms with Gasteiger partial charge in [-0.2, -0.15) is 0 Å². The first-order valence-corrected chi connectivity index (χ1v) is 5.98. The van der Waals surface area contributed by atoms with Gasteiger partial charge in [-0.25, -0.2) is 4.99 Å². The Morgan fingerprint density at radius 1 is 1.47 bits per heavy atom. The van der Waals surface area contributed by atoms with Crippen molar-refractivity contribution in [3.05, 3.63) is 0 Å². The van der Waals surface area contributed by atoms with Gasteiger partial charge in [0.1, 0.15) is 6.61 Å². The van der Waals surface area contributed by atoms with Gasteiger partial charge < -0.3 is 10.1 Å². The van der Waals surface area contributed by atoms with E-state index in [4.69, 9.17) is 4.74 Å². The van der Waals surface area contributed by atoms with Crippen molar-refractivity contribution < 1.29 is 4.74 Å². The van der Waals surface area contributed by atoms with Crippen molar-refractivity contribution in [1.29, 1.82) is 0 Å². The Morgan fingerprint density at radius 2 is 2.27 bits per heavy atom. The normalized spacial score (nSPS) is 31.5. The lowest BCUT2D eigenvalue weighted by Gasteiger charge is -2.19. The molecule has 2 atom stereocenters. The van der Waals surface area contributed by atoms with Gasteiger partial charge in [0.15, 0.2) is 0 Å². The fourth-order valence-electron chi connectivity index (χ4n) is 2.33. The molecule has 0 aliphatic carbocycles. The monoisotopic (exact) mass is 210 g/mol. The molecule has 1 N–H and O–H groups in total. The minimum absolute atomic E-state index is 0.343. The van der Waals surface area contributed by atoms with Crippen molar-refractivity contribution in [2.75, 3.05) is 13.2 Å². The minimum atomic E-state index is 0.343. The van der Waals surface area contributed by atoms with Gasteiger partial charge in [-0.1, -0.05) is 20.8 Å². The van der Waals surface area contributed by atoms with Crippen LogP contribution in [0.5, 0.6) is 0 Å². The number of hydrogen-bond acceptors (Lipinski definition) is 3. The molecule has 15 heavy (non-hydrogen) atoms. The third-order valence-corrected chi connectivity index (χ3v) is 2.94. The summed E-state index contributed by atoms with van der Waals surface area (Å²) in [5.74, 6) is 0.960. The highest BCUT2D eigenvalue weighted by molar-refractivity contribution is 5.83. The summed E-state index contributed by atoms with van der Waals surface area (Å²) in [6.07, 6.45) is 3.54. The maximum absolute atomic E-state index is 5.68. The average Bonchev–Trinajstić information content (AvgIpc) is 2.68. The molecule has 0 radical (unpaired) electrons. The summed E-state index contributed by atoms with van der Waals surface area (Å²) in [5, 5.41) is 3.43. The van der Waals surface area contributed by atoms with E-state index in [0.29, 0.717) is 17.5 Å². The Hall–Kier alpha value is -0.570. The Bertz CT molecular complexity index is 249. The maximum atomic E-state index is 5.68. The standard InChI is InChI=1S/C12H22N2O/c1-12(2,3)7-9-8-15-11(14-9)10-5-4-6-13-10/h9-10,13H,4-8H2,1-3H3/t9-,10-/m0/s1. The van der Waals surface area contributed by atoms with Gasteiger partial charge in [-0.3, -0.25) is 0 Å². The largest absolute Gasteiger partial charge is 0.478 e. The number of nitrogens with one attached hydrogen (secondary N) is 1. The molecule has 0 aromatic heterocycles. The molecule has 0 bridgehead atoms. The van der Waals surface area contributed by atoms with Crippen LogP contribution in [-0.2, 0) is 4.74 Å². The zero-order valence-corrected chi connectivity index (χ0v) is 10.0. The second-order valence-electron chi connectivity index (χ2n) is 5.85. The van der Waals surface area contributed by atoms with Crippen LogP contribution in [-0.4, -0.2) is 31.1 Å². The molecule has 2 rings (SSSR count).